The highest BCUT2D eigenvalue weighted by molar-refractivity contribution is 9.10. The molecular formula is C23H27BrN4O2. The highest BCUT2D eigenvalue weighted by Gasteiger charge is 2.29. The van der Waals surface area contributed by atoms with E-state index in [-0.39, 0.29) is 10.6 Å². The maximum atomic E-state index is 13.4. The molecule has 30 heavy (non-hydrogen) atoms. The number of halogens is 1. The van der Waals surface area contributed by atoms with Crippen molar-refractivity contribution in [2.75, 3.05) is 27.2 Å². The molecule has 1 amide bonds. The summed E-state index contributed by atoms with van der Waals surface area (Å²) in [6.45, 7) is 1.65. The summed E-state index contributed by atoms with van der Waals surface area (Å²) < 4.78 is 2.83. The molecular weight excluding hydrogens is 444 g/mol. The second-order valence-corrected chi connectivity index (χ2v) is 9.34. The fourth-order valence-electron chi connectivity index (χ4n) is 4.37. The van der Waals surface area contributed by atoms with E-state index in [4.69, 9.17) is 0 Å². The molecule has 3 aromatic rings. The van der Waals surface area contributed by atoms with Crippen molar-refractivity contribution in [3.05, 3.63) is 69.1 Å². The molecule has 1 fully saturated rings. The quantitative estimate of drug-likeness (QED) is 0.418. The predicted molar refractivity (Wildman–Crippen MR) is 122 cm³/mol. The van der Waals surface area contributed by atoms with Gasteiger partial charge in [-0.3, -0.25) is 4.79 Å². The Hall–Kier alpha value is -2.22. The van der Waals surface area contributed by atoms with Gasteiger partial charge in [-0.1, -0.05) is 12.1 Å². The molecule has 0 radical (unpaired) electrons. The van der Waals surface area contributed by atoms with Gasteiger partial charge < -0.3 is 19.3 Å². The second-order valence-electron chi connectivity index (χ2n) is 8.48. The van der Waals surface area contributed by atoms with Gasteiger partial charge in [0.15, 0.2) is 0 Å². The number of quaternary nitrogens is 1. The van der Waals surface area contributed by atoms with E-state index in [1.807, 2.05) is 41.9 Å². The fourth-order valence-corrected chi connectivity index (χ4v) is 4.78. The molecule has 1 saturated heterocycles. The summed E-state index contributed by atoms with van der Waals surface area (Å²) in [5.41, 5.74) is 3.83. The summed E-state index contributed by atoms with van der Waals surface area (Å²) in [4.78, 5) is 18.1. The molecule has 0 N–H and O–H groups in total. The zero-order valence-electron chi connectivity index (χ0n) is 17.6. The highest BCUT2D eigenvalue weighted by atomic mass is 79.9. The third-order valence-electron chi connectivity index (χ3n) is 6.23. The average Bonchev–Trinajstić information content (AvgIpc) is 3.05. The van der Waals surface area contributed by atoms with Gasteiger partial charge in [0.1, 0.15) is 12.2 Å². The molecule has 6 nitrogen and oxygen atoms in total. The Morgan fingerprint density at radius 3 is 2.50 bits per heavy atom. The number of hydroxylamine groups is 3. The summed E-state index contributed by atoms with van der Waals surface area (Å²) in [5, 5.41) is 14.5. The lowest BCUT2D eigenvalue weighted by molar-refractivity contribution is -0.899. The Morgan fingerprint density at radius 1 is 1.23 bits per heavy atom. The number of aryl methyl sites for hydroxylation is 1. The number of amides is 1. The number of nitrogens with zero attached hydrogens (tertiary/aromatic N) is 4. The van der Waals surface area contributed by atoms with Crippen LogP contribution in [0.25, 0.3) is 11.0 Å². The van der Waals surface area contributed by atoms with Crippen LogP contribution >= 0.6 is 15.9 Å². The van der Waals surface area contributed by atoms with Crippen LogP contribution in [-0.2, 0) is 13.6 Å². The first kappa shape index (κ1) is 21.0. The molecule has 0 unspecified atom stereocenters. The third-order valence-corrected chi connectivity index (χ3v) is 6.92. The second kappa shape index (κ2) is 8.13. The zero-order valence-corrected chi connectivity index (χ0v) is 19.2. The Kier molecular flexibility index (Phi) is 5.70. The zero-order chi connectivity index (χ0) is 21.5. The Labute approximate surface area is 185 Å². The summed E-state index contributed by atoms with van der Waals surface area (Å²) in [7, 11) is 5.49. The smallest absolute Gasteiger partial charge is 0.253 e. The molecule has 7 heteroatoms. The third kappa shape index (κ3) is 4.02. The van der Waals surface area contributed by atoms with Crippen molar-refractivity contribution in [2.24, 2.45) is 7.05 Å². The number of rotatable bonds is 4. The predicted octanol–water partition coefficient (Wildman–Crippen LogP) is 4.43. The van der Waals surface area contributed by atoms with Gasteiger partial charge in [-0.15, -0.1) is 0 Å². The number of fused-ring (bicyclic) bond motifs is 1. The van der Waals surface area contributed by atoms with E-state index in [1.165, 1.54) is 5.56 Å². The number of carbonyl (C=O) groups excluding carboxylic acids is 1. The van der Waals surface area contributed by atoms with Crippen LogP contribution in [0.1, 0.15) is 40.4 Å². The largest absolute Gasteiger partial charge is 0.633 e. The van der Waals surface area contributed by atoms with E-state index in [9.17, 15) is 10.0 Å². The van der Waals surface area contributed by atoms with Crippen molar-refractivity contribution >= 4 is 32.9 Å². The van der Waals surface area contributed by atoms with Crippen LogP contribution in [0, 0.1) is 5.21 Å². The van der Waals surface area contributed by atoms with E-state index < -0.39 is 0 Å². The van der Waals surface area contributed by atoms with Crippen LogP contribution in [0.4, 0.5) is 0 Å². The molecule has 0 atom stereocenters. The molecule has 158 valence electrons. The van der Waals surface area contributed by atoms with Crippen LogP contribution in [0.2, 0.25) is 0 Å². The summed E-state index contributed by atoms with van der Waals surface area (Å²) in [6, 6.07) is 11.9. The van der Waals surface area contributed by atoms with Gasteiger partial charge in [0.05, 0.1) is 18.8 Å². The molecule has 1 aromatic carbocycles. The number of hydrogen-bond acceptors (Lipinski definition) is 3. The number of carbonyl (C=O) groups is 1. The molecule has 0 saturated carbocycles. The Morgan fingerprint density at radius 2 is 1.90 bits per heavy atom. The standard InChI is InChI=1S/C23H27BrN4O2/c1-26(2)23(29)18-6-4-16(5-7-18)17-9-12-28(30,13-10-17)15-19-14-20-21(24)8-11-25-22(20)27(19)3/h4-8,11,14,17H,9-10,12-13,15H2,1-3H3. The Bertz CT molecular complexity index is 1070. The number of benzene rings is 1. The number of likely N-dealkylation sites (tertiary alicyclic amines) is 1. The fraction of sp³-hybridized carbons (Fsp3) is 0.391. The van der Waals surface area contributed by atoms with Crippen LogP contribution in [0.15, 0.2) is 47.1 Å². The van der Waals surface area contributed by atoms with Crippen LogP contribution in [0.5, 0.6) is 0 Å². The van der Waals surface area contributed by atoms with Crippen LogP contribution in [0.3, 0.4) is 0 Å². The van der Waals surface area contributed by atoms with Crippen molar-refractivity contribution in [2.45, 2.75) is 25.3 Å². The van der Waals surface area contributed by atoms with Crippen molar-refractivity contribution in [3.63, 3.8) is 0 Å². The first-order chi connectivity index (χ1) is 14.3. The SMILES string of the molecule is CN(C)C(=O)c1ccc(C2CC[N+]([O-])(Cc3cc4c(Br)ccnc4n3C)CC2)cc1. The molecule has 3 heterocycles. The molecule has 0 spiro atoms. The maximum Gasteiger partial charge on any atom is 0.253 e. The van der Waals surface area contributed by atoms with E-state index in [1.54, 1.807) is 25.2 Å². The number of aromatic nitrogens is 2. The molecule has 1 aliphatic rings. The number of piperidine rings is 1. The van der Waals surface area contributed by atoms with Crippen molar-refractivity contribution < 1.29 is 9.44 Å². The first-order valence-corrected chi connectivity index (χ1v) is 11.0. The van der Waals surface area contributed by atoms with Crippen LogP contribution < -0.4 is 0 Å². The number of hydrogen-bond donors (Lipinski definition) is 0. The minimum atomic E-state index is -0.199. The van der Waals surface area contributed by atoms with Crippen molar-refractivity contribution in [3.8, 4) is 0 Å². The lowest BCUT2D eigenvalue weighted by Gasteiger charge is -2.47. The normalized spacial score (nSPS) is 21.7. The Balaban J connectivity index is 1.44. The number of pyridine rings is 1. The van der Waals surface area contributed by atoms with Gasteiger partial charge in [0.2, 0.25) is 0 Å². The summed E-state index contributed by atoms with van der Waals surface area (Å²) in [6.07, 6.45) is 3.49. The van der Waals surface area contributed by atoms with E-state index in [0.29, 0.717) is 31.1 Å². The molecule has 0 aliphatic carbocycles. The minimum Gasteiger partial charge on any atom is -0.633 e. The lowest BCUT2D eigenvalue weighted by Crippen LogP contribution is -2.47. The van der Waals surface area contributed by atoms with Gasteiger partial charge >= 0.3 is 0 Å². The monoisotopic (exact) mass is 470 g/mol. The molecule has 1 aliphatic heterocycles. The lowest BCUT2D eigenvalue weighted by atomic mass is 9.88. The van der Waals surface area contributed by atoms with Gasteiger partial charge in [-0.2, -0.15) is 0 Å². The molecule has 0 bridgehead atoms. The van der Waals surface area contributed by atoms with Crippen molar-refractivity contribution in [1.29, 1.82) is 0 Å². The van der Waals surface area contributed by atoms with E-state index >= 15 is 0 Å². The first-order valence-electron chi connectivity index (χ1n) is 10.2. The summed E-state index contributed by atoms with van der Waals surface area (Å²) in [5.74, 6) is 0.383. The highest BCUT2D eigenvalue weighted by Crippen LogP contribution is 2.34. The maximum absolute atomic E-state index is 13.4. The van der Waals surface area contributed by atoms with Gasteiger partial charge in [-0.05, 0) is 51.7 Å². The van der Waals surface area contributed by atoms with E-state index in [2.05, 4.69) is 27.0 Å². The van der Waals surface area contributed by atoms with Gasteiger partial charge in [0, 0.05) is 55.6 Å². The summed E-state index contributed by atoms with van der Waals surface area (Å²) >= 11 is 3.58. The topological polar surface area (TPSA) is 61.2 Å². The van der Waals surface area contributed by atoms with Gasteiger partial charge in [0.25, 0.3) is 5.91 Å². The van der Waals surface area contributed by atoms with Crippen molar-refractivity contribution in [1.82, 2.24) is 14.5 Å². The van der Waals surface area contributed by atoms with Gasteiger partial charge in [-0.25, -0.2) is 4.98 Å². The molecule has 4 rings (SSSR count). The van der Waals surface area contributed by atoms with Crippen LogP contribution in [-0.4, -0.2) is 52.2 Å². The molecule has 2 aromatic heterocycles. The van der Waals surface area contributed by atoms with E-state index in [0.717, 1.165) is 34.0 Å². The average molecular weight is 471 g/mol. The minimum absolute atomic E-state index is 0.0107.